The number of methoxy groups -OCH3 is 1. The van der Waals surface area contributed by atoms with Crippen LogP contribution in [-0.2, 0) is 6.42 Å². The number of benzene rings is 2. The molecule has 36 heavy (non-hydrogen) atoms. The molecule has 3 aromatic rings. The summed E-state index contributed by atoms with van der Waals surface area (Å²) >= 11 is 0. The number of aryl methyl sites for hydroxylation is 1. The molecule has 2 heterocycles. The molecule has 186 valence electrons. The van der Waals surface area contributed by atoms with Gasteiger partial charge < -0.3 is 20.3 Å². The fourth-order valence-electron chi connectivity index (χ4n) is 4.13. The van der Waals surface area contributed by atoms with Crippen molar-refractivity contribution in [2.45, 2.75) is 13.3 Å². The highest BCUT2D eigenvalue weighted by Gasteiger charge is 2.20. The summed E-state index contributed by atoms with van der Waals surface area (Å²) in [4.78, 5) is 27.8. The SMILES string of the molecule is C=C/C=C(/c1ccc(OC)cc1)n1nc(C(=O)Nc2cccc(C(=O)N3CCNCC3)c2)cc1CC. The predicted molar refractivity (Wildman–Crippen MR) is 141 cm³/mol. The number of hydrogen-bond acceptors (Lipinski definition) is 5. The minimum Gasteiger partial charge on any atom is -0.497 e. The predicted octanol–water partition coefficient (Wildman–Crippen LogP) is 3.83. The van der Waals surface area contributed by atoms with Crippen LogP contribution in [0.5, 0.6) is 5.75 Å². The Kier molecular flexibility index (Phi) is 7.97. The van der Waals surface area contributed by atoms with Gasteiger partial charge in [0.25, 0.3) is 11.8 Å². The van der Waals surface area contributed by atoms with Gasteiger partial charge in [-0.25, -0.2) is 4.68 Å². The highest BCUT2D eigenvalue weighted by molar-refractivity contribution is 6.04. The van der Waals surface area contributed by atoms with Crippen molar-refractivity contribution in [2.24, 2.45) is 0 Å². The Morgan fingerprint density at radius 1 is 1.11 bits per heavy atom. The Morgan fingerprint density at radius 2 is 1.86 bits per heavy atom. The van der Waals surface area contributed by atoms with E-state index in [4.69, 9.17) is 4.74 Å². The third-order valence-corrected chi connectivity index (χ3v) is 6.04. The Morgan fingerprint density at radius 3 is 2.53 bits per heavy atom. The number of rotatable bonds is 8. The van der Waals surface area contributed by atoms with E-state index in [1.807, 2.05) is 42.2 Å². The van der Waals surface area contributed by atoms with Gasteiger partial charge >= 0.3 is 0 Å². The van der Waals surface area contributed by atoms with E-state index in [2.05, 4.69) is 22.3 Å². The fourth-order valence-corrected chi connectivity index (χ4v) is 4.13. The molecule has 0 aliphatic carbocycles. The topological polar surface area (TPSA) is 88.5 Å². The van der Waals surface area contributed by atoms with Crippen molar-refractivity contribution in [1.29, 1.82) is 0 Å². The van der Waals surface area contributed by atoms with Crippen LogP contribution in [0.25, 0.3) is 5.70 Å². The lowest BCUT2D eigenvalue weighted by Gasteiger charge is -2.27. The average molecular weight is 486 g/mol. The van der Waals surface area contributed by atoms with Crippen LogP contribution in [0.3, 0.4) is 0 Å². The summed E-state index contributed by atoms with van der Waals surface area (Å²) in [6.45, 7) is 8.75. The summed E-state index contributed by atoms with van der Waals surface area (Å²) in [7, 11) is 1.62. The first-order valence-corrected chi connectivity index (χ1v) is 12.0. The Hall–Kier alpha value is -4.17. The van der Waals surface area contributed by atoms with Gasteiger partial charge in [0.15, 0.2) is 5.69 Å². The smallest absolute Gasteiger partial charge is 0.276 e. The van der Waals surface area contributed by atoms with Crippen molar-refractivity contribution in [3.63, 3.8) is 0 Å². The molecule has 0 atom stereocenters. The number of ether oxygens (including phenoxy) is 1. The number of allylic oxidation sites excluding steroid dienone is 2. The molecule has 0 spiro atoms. The number of nitrogens with one attached hydrogen (secondary N) is 2. The third kappa shape index (κ3) is 5.55. The minimum absolute atomic E-state index is 0.0381. The number of carbonyl (C=O) groups is 2. The number of hydrogen-bond donors (Lipinski definition) is 2. The van der Waals surface area contributed by atoms with Gasteiger partial charge in [-0.3, -0.25) is 9.59 Å². The quantitative estimate of drug-likeness (QED) is 0.474. The zero-order valence-corrected chi connectivity index (χ0v) is 20.7. The number of anilines is 1. The van der Waals surface area contributed by atoms with Gasteiger partial charge in [-0.15, -0.1) is 0 Å². The van der Waals surface area contributed by atoms with Crippen molar-refractivity contribution in [3.8, 4) is 5.75 Å². The zero-order chi connectivity index (χ0) is 25.5. The van der Waals surface area contributed by atoms with Crippen LogP contribution in [0.4, 0.5) is 5.69 Å². The van der Waals surface area contributed by atoms with Crippen LogP contribution in [0, 0.1) is 0 Å². The van der Waals surface area contributed by atoms with Gasteiger partial charge in [-0.05, 0) is 61.0 Å². The van der Waals surface area contributed by atoms with E-state index >= 15 is 0 Å². The van der Waals surface area contributed by atoms with Crippen LogP contribution in [-0.4, -0.2) is 59.8 Å². The molecule has 1 saturated heterocycles. The average Bonchev–Trinajstić information content (AvgIpc) is 3.36. The first-order chi connectivity index (χ1) is 17.5. The van der Waals surface area contributed by atoms with Crippen LogP contribution in [0.2, 0.25) is 0 Å². The van der Waals surface area contributed by atoms with Crippen molar-refractivity contribution in [2.75, 3.05) is 38.6 Å². The maximum Gasteiger partial charge on any atom is 0.276 e. The molecule has 2 aromatic carbocycles. The summed E-state index contributed by atoms with van der Waals surface area (Å²) in [6.07, 6.45) is 4.24. The van der Waals surface area contributed by atoms with Gasteiger partial charge in [0.1, 0.15) is 5.75 Å². The molecule has 0 saturated carbocycles. The molecule has 1 aliphatic heterocycles. The third-order valence-electron chi connectivity index (χ3n) is 6.04. The number of carbonyl (C=O) groups excluding carboxylic acids is 2. The first kappa shape index (κ1) is 24.9. The van der Waals surface area contributed by atoms with Gasteiger partial charge in [0.05, 0.1) is 12.8 Å². The lowest BCUT2D eigenvalue weighted by atomic mass is 10.1. The molecule has 1 aliphatic rings. The normalized spacial score (nSPS) is 13.8. The maximum atomic E-state index is 13.1. The van der Waals surface area contributed by atoms with E-state index in [-0.39, 0.29) is 17.5 Å². The highest BCUT2D eigenvalue weighted by atomic mass is 16.5. The van der Waals surface area contributed by atoms with E-state index < -0.39 is 0 Å². The van der Waals surface area contributed by atoms with E-state index in [9.17, 15) is 9.59 Å². The fraction of sp³-hybridized carbons (Fsp3) is 0.250. The molecule has 0 radical (unpaired) electrons. The monoisotopic (exact) mass is 485 g/mol. The van der Waals surface area contributed by atoms with Crippen LogP contribution in [0.1, 0.15) is 39.0 Å². The van der Waals surface area contributed by atoms with Gasteiger partial charge in [-0.2, -0.15) is 5.10 Å². The maximum absolute atomic E-state index is 13.1. The number of piperazine rings is 1. The molecule has 1 fully saturated rings. The lowest BCUT2D eigenvalue weighted by Crippen LogP contribution is -2.46. The standard InChI is InChI=1S/C28H31N5O3/c1-4-7-26(20-10-12-24(36-3)13-11-20)33-23(5-2)19-25(31-33)27(34)30-22-9-6-8-21(18-22)28(35)32-16-14-29-15-17-32/h4,6-13,18-19,29H,1,5,14-17H2,2-3H3,(H,30,34)/b26-7-. The second-order valence-corrected chi connectivity index (χ2v) is 8.38. The van der Waals surface area contributed by atoms with Gasteiger partial charge in [0.2, 0.25) is 0 Å². The molecule has 4 rings (SSSR count). The molecule has 0 unspecified atom stereocenters. The summed E-state index contributed by atoms with van der Waals surface area (Å²) in [5, 5.41) is 10.8. The second kappa shape index (κ2) is 11.5. The zero-order valence-electron chi connectivity index (χ0n) is 20.7. The van der Waals surface area contributed by atoms with E-state index in [0.717, 1.165) is 35.8 Å². The molecule has 0 bridgehead atoms. The minimum atomic E-state index is -0.345. The first-order valence-electron chi connectivity index (χ1n) is 12.0. The molecule has 2 N–H and O–H groups in total. The van der Waals surface area contributed by atoms with E-state index in [1.165, 1.54) is 0 Å². The second-order valence-electron chi connectivity index (χ2n) is 8.38. The Bertz CT molecular complexity index is 1270. The molecule has 2 amide bonds. The molecular formula is C28H31N5O3. The number of amides is 2. The molecule has 1 aromatic heterocycles. The van der Waals surface area contributed by atoms with Gasteiger partial charge in [0, 0.05) is 48.7 Å². The lowest BCUT2D eigenvalue weighted by molar-refractivity contribution is 0.0735. The molecule has 8 nitrogen and oxygen atoms in total. The van der Waals surface area contributed by atoms with Crippen LogP contribution < -0.4 is 15.4 Å². The molecule has 8 heteroatoms. The van der Waals surface area contributed by atoms with Crippen LogP contribution in [0.15, 0.2) is 73.3 Å². The molecular weight excluding hydrogens is 454 g/mol. The van der Waals surface area contributed by atoms with Crippen molar-refractivity contribution in [3.05, 3.63) is 95.8 Å². The summed E-state index contributed by atoms with van der Waals surface area (Å²) in [5.41, 5.74) is 3.98. The summed E-state index contributed by atoms with van der Waals surface area (Å²) in [6, 6.07) is 16.4. The highest BCUT2D eigenvalue weighted by Crippen LogP contribution is 2.23. The van der Waals surface area contributed by atoms with Crippen LogP contribution >= 0.6 is 0 Å². The largest absolute Gasteiger partial charge is 0.497 e. The number of nitrogens with zero attached hydrogens (tertiary/aromatic N) is 3. The van der Waals surface area contributed by atoms with E-state index in [1.54, 1.807) is 48.2 Å². The van der Waals surface area contributed by atoms with Crippen molar-refractivity contribution >= 4 is 23.2 Å². The van der Waals surface area contributed by atoms with E-state index in [0.29, 0.717) is 30.8 Å². The number of aromatic nitrogens is 2. The van der Waals surface area contributed by atoms with Crippen molar-refractivity contribution < 1.29 is 14.3 Å². The summed E-state index contributed by atoms with van der Waals surface area (Å²) in [5.74, 6) is 0.373. The Labute approximate surface area is 211 Å². The summed E-state index contributed by atoms with van der Waals surface area (Å²) < 4.78 is 7.03. The van der Waals surface area contributed by atoms with Gasteiger partial charge in [-0.1, -0.05) is 25.6 Å². The Balaban J connectivity index is 1.56. The van der Waals surface area contributed by atoms with Crippen molar-refractivity contribution in [1.82, 2.24) is 20.0 Å².